The molecule has 4 aromatic heterocycles. The Morgan fingerprint density at radius 3 is 1.54 bits per heavy atom. The molecule has 0 saturated heterocycles. The molecular formula is C38H32BF4IN10O2. The summed E-state index contributed by atoms with van der Waals surface area (Å²) in [6.07, 6.45) is 3.15. The van der Waals surface area contributed by atoms with E-state index < -0.39 is 30.4 Å². The third kappa shape index (κ3) is 8.77. The number of halogens is 5. The maximum atomic E-state index is 14.1. The van der Waals surface area contributed by atoms with E-state index in [1.807, 2.05) is 72.8 Å². The van der Waals surface area contributed by atoms with Gasteiger partial charge < -0.3 is 29.8 Å². The number of rotatable bonds is 6. The van der Waals surface area contributed by atoms with Crippen molar-refractivity contribution < 1.29 is 27.6 Å². The molecule has 0 aliphatic heterocycles. The summed E-state index contributed by atoms with van der Waals surface area (Å²) in [5.41, 5.74) is 4.83. The molecule has 0 aliphatic rings. The van der Waals surface area contributed by atoms with Crippen molar-refractivity contribution in [2.75, 3.05) is 10.6 Å². The van der Waals surface area contributed by atoms with Crippen molar-refractivity contribution in [3.8, 4) is 11.4 Å². The highest BCUT2D eigenvalue weighted by Crippen LogP contribution is 2.30. The van der Waals surface area contributed by atoms with Crippen LogP contribution in [0.5, 0.6) is 0 Å². The lowest BCUT2D eigenvalue weighted by atomic mass is 9.77. The molecule has 4 N–H and O–H groups in total. The molecule has 0 radical (unpaired) electrons. The van der Waals surface area contributed by atoms with E-state index in [2.05, 4.69) is 40.5 Å². The zero-order valence-electron chi connectivity index (χ0n) is 30.2. The highest BCUT2D eigenvalue weighted by atomic mass is 127. The van der Waals surface area contributed by atoms with Crippen molar-refractivity contribution in [3.05, 3.63) is 136 Å². The van der Waals surface area contributed by atoms with Crippen LogP contribution >= 0.6 is 22.6 Å². The third-order valence-corrected chi connectivity index (χ3v) is 8.84. The number of nitrogens with zero attached hydrogens (tertiary/aromatic N) is 8. The summed E-state index contributed by atoms with van der Waals surface area (Å²) >= 11 is 1.94. The summed E-state index contributed by atoms with van der Waals surface area (Å²) in [5, 5.41) is 22.9. The number of hydrogen-bond acceptors (Lipinski definition) is 10. The number of aromatic nitrogens is 8. The SMILES string of the molecule is Cc1ccccc1-c1nc(Nc2c(F)cccc2F)c2ncn(C)c2n1.Cc1ccccc1B(O)O.Cn1cnc2c(Nc3c(F)cccc3F)nc(I)nc21. The summed E-state index contributed by atoms with van der Waals surface area (Å²) in [7, 11) is 2.24. The van der Waals surface area contributed by atoms with Crippen LogP contribution in [0, 0.1) is 40.9 Å². The average Bonchev–Trinajstić information content (AvgIpc) is 3.73. The minimum Gasteiger partial charge on any atom is -0.423 e. The van der Waals surface area contributed by atoms with E-state index in [9.17, 15) is 17.6 Å². The zero-order chi connectivity index (χ0) is 40.1. The summed E-state index contributed by atoms with van der Waals surface area (Å²) in [6, 6.07) is 22.2. The molecule has 18 heteroatoms. The van der Waals surface area contributed by atoms with Crippen LogP contribution < -0.4 is 16.1 Å². The van der Waals surface area contributed by atoms with Crippen molar-refractivity contribution in [3.63, 3.8) is 0 Å². The van der Waals surface area contributed by atoms with Crippen molar-refractivity contribution >= 4 is 80.5 Å². The Morgan fingerprint density at radius 1 is 0.589 bits per heavy atom. The summed E-state index contributed by atoms with van der Waals surface area (Å²) in [4.78, 5) is 25.8. The Morgan fingerprint density at radius 2 is 1.05 bits per heavy atom. The van der Waals surface area contributed by atoms with Gasteiger partial charge in [-0.15, -0.1) is 0 Å². The molecule has 0 atom stereocenters. The quantitative estimate of drug-likeness (QED) is 0.0594. The molecule has 8 aromatic rings. The zero-order valence-corrected chi connectivity index (χ0v) is 32.3. The van der Waals surface area contributed by atoms with Gasteiger partial charge in [0.15, 0.2) is 43.6 Å². The van der Waals surface area contributed by atoms with Crippen LogP contribution in [0.25, 0.3) is 33.7 Å². The molecule has 0 bridgehead atoms. The Hall–Kier alpha value is -5.99. The predicted molar refractivity (Wildman–Crippen MR) is 216 cm³/mol. The minimum atomic E-state index is -1.35. The fourth-order valence-corrected chi connectivity index (χ4v) is 5.92. The van der Waals surface area contributed by atoms with Gasteiger partial charge in [-0.2, -0.15) is 0 Å². The van der Waals surface area contributed by atoms with E-state index in [0.717, 1.165) is 16.7 Å². The molecular weight excluding hydrogens is 842 g/mol. The lowest BCUT2D eigenvalue weighted by Gasteiger charge is -2.11. The smallest absolute Gasteiger partial charge is 0.423 e. The standard InChI is InChI=1S/C19H15F2N5.C12H8F2IN5.C7H9BO2/c1-11-6-3-4-7-12(11)17-24-18(16-19(25-17)26(2)10-22-16)23-15-13(20)8-5-9-14(15)21;1-20-5-16-9-10(18-12(15)19-11(9)20)17-8-6(13)3-2-4-7(8)14;1-6-4-2-3-5-7(6)8(9)10/h3-10H,1-2H3,(H,23,24,25);2-5H,1H3,(H,17,18,19);2-5,9-10H,1H3. The number of imidazole rings is 2. The molecule has 4 aromatic carbocycles. The topological polar surface area (TPSA) is 152 Å². The van der Waals surface area contributed by atoms with Gasteiger partial charge in [0.2, 0.25) is 0 Å². The number of hydrogen-bond donors (Lipinski definition) is 4. The van der Waals surface area contributed by atoms with Crippen LogP contribution in [0.1, 0.15) is 11.1 Å². The summed E-state index contributed by atoms with van der Waals surface area (Å²) in [6.45, 7) is 3.80. The highest BCUT2D eigenvalue weighted by molar-refractivity contribution is 14.1. The largest absolute Gasteiger partial charge is 0.488 e. The van der Waals surface area contributed by atoms with Crippen LogP contribution in [0.2, 0.25) is 0 Å². The maximum absolute atomic E-state index is 14.1. The van der Waals surface area contributed by atoms with Gasteiger partial charge in [-0.05, 0) is 49.1 Å². The van der Waals surface area contributed by atoms with Crippen LogP contribution in [0.15, 0.2) is 97.6 Å². The van der Waals surface area contributed by atoms with Gasteiger partial charge >= 0.3 is 7.12 Å². The van der Waals surface area contributed by atoms with E-state index in [0.29, 0.717) is 37.4 Å². The molecule has 0 fully saturated rings. The maximum Gasteiger partial charge on any atom is 0.488 e. The highest BCUT2D eigenvalue weighted by Gasteiger charge is 2.18. The second-order valence-electron chi connectivity index (χ2n) is 12.3. The van der Waals surface area contributed by atoms with Crippen molar-refractivity contribution in [2.24, 2.45) is 14.1 Å². The number of fused-ring (bicyclic) bond motifs is 2. The van der Waals surface area contributed by atoms with E-state index in [1.165, 1.54) is 36.4 Å². The number of benzene rings is 4. The van der Waals surface area contributed by atoms with Gasteiger partial charge in [0.25, 0.3) is 0 Å². The first-order chi connectivity index (χ1) is 26.8. The average molecular weight is 874 g/mol. The molecule has 0 saturated carbocycles. The number of nitrogens with one attached hydrogen (secondary N) is 2. The van der Waals surface area contributed by atoms with Crippen LogP contribution in [0.4, 0.5) is 40.6 Å². The predicted octanol–water partition coefficient (Wildman–Crippen LogP) is 7.03. The molecule has 284 valence electrons. The van der Waals surface area contributed by atoms with Gasteiger partial charge in [-0.3, -0.25) is 0 Å². The van der Waals surface area contributed by atoms with Gasteiger partial charge in [-0.1, -0.05) is 66.2 Å². The van der Waals surface area contributed by atoms with Crippen LogP contribution in [0.3, 0.4) is 0 Å². The second kappa shape index (κ2) is 17.2. The van der Waals surface area contributed by atoms with Crippen LogP contribution in [-0.4, -0.2) is 56.2 Å². The monoisotopic (exact) mass is 874 g/mol. The Balaban J connectivity index is 0.000000156. The fraction of sp³-hybridized carbons (Fsp3) is 0.105. The summed E-state index contributed by atoms with van der Waals surface area (Å²) < 4.78 is 59.4. The van der Waals surface area contributed by atoms with Crippen molar-refractivity contribution in [1.29, 1.82) is 0 Å². The first-order valence-corrected chi connectivity index (χ1v) is 17.8. The van der Waals surface area contributed by atoms with Gasteiger partial charge in [0, 0.05) is 42.2 Å². The Bertz CT molecular complexity index is 2640. The Labute approximate surface area is 331 Å². The normalized spacial score (nSPS) is 10.8. The lowest BCUT2D eigenvalue weighted by Crippen LogP contribution is -2.31. The minimum absolute atomic E-state index is 0.248. The molecule has 4 heterocycles. The van der Waals surface area contributed by atoms with Gasteiger partial charge in [-0.25, -0.2) is 47.5 Å². The third-order valence-electron chi connectivity index (χ3n) is 8.36. The first kappa shape index (κ1) is 39.7. The Kier molecular flexibility index (Phi) is 12.2. The van der Waals surface area contributed by atoms with Crippen LogP contribution in [-0.2, 0) is 14.1 Å². The molecule has 0 spiro atoms. The van der Waals surface area contributed by atoms with Gasteiger partial charge in [0.1, 0.15) is 34.6 Å². The molecule has 56 heavy (non-hydrogen) atoms. The molecule has 12 nitrogen and oxygen atoms in total. The van der Waals surface area contributed by atoms with Gasteiger partial charge in [0.05, 0.1) is 12.7 Å². The van der Waals surface area contributed by atoms with Crippen molar-refractivity contribution in [2.45, 2.75) is 13.8 Å². The van der Waals surface area contributed by atoms with E-state index in [4.69, 9.17) is 10.0 Å². The number of para-hydroxylation sites is 2. The molecule has 0 amide bonds. The van der Waals surface area contributed by atoms with E-state index >= 15 is 0 Å². The molecule has 0 aliphatic carbocycles. The summed E-state index contributed by atoms with van der Waals surface area (Å²) in [5.74, 6) is -1.82. The van der Waals surface area contributed by atoms with E-state index in [1.54, 1.807) is 48.0 Å². The fourth-order valence-electron chi connectivity index (χ4n) is 5.45. The first-order valence-electron chi connectivity index (χ1n) is 16.8. The number of aryl methyl sites for hydroxylation is 4. The number of anilines is 4. The van der Waals surface area contributed by atoms with E-state index in [-0.39, 0.29) is 23.0 Å². The molecule has 0 unspecified atom stereocenters. The molecule has 8 rings (SSSR count). The lowest BCUT2D eigenvalue weighted by molar-refractivity contribution is 0.425. The second-order valence-corrected chi connectivity index (χ2v) is 13.2. The van der Waals surface area contributed by atoms with Crippen molar-refractivity contribution in [1.82, 2.24) is 39.0 Å².